The van der Waals surface area contributed by atoms with Gasteiger partial charge in [-0.15, -0.1) is 0 Å². The molecular weight excluding hydrogens is 224 g/mol. The molecule has 1 unspecified atom stereocenters. The fraction of sp³-hybridized carbons (Fsp3) is 0.700. The van der Waals surface area contributed by atoms with Crippen LogP contribution >= 0.6 is 0 Å². The summed E-state index contributed by atoms with van der Waals surface area (Å²) in [5.41, 5.74) is 9.92. The molecule has 0 aromatic rings. The minimum Gasteiger partial charge on any atom is -0.370 e. The lowest BCUT2D eigenvalue weighted by Gasteiger charge is -2.20. The van der Waals surface area contributed by atoms with Crippen LogP contribution in [-0.4, -0.2) is 35.8 Å². The Bertz CT molecular complexity index is 309. The summed E-state index contributed by atoms with van der Waals surface area (Å²) < 4.78 is 0. The summed E-state index contributed by atoms with van der Waals surface area (Å²) in [6, 6.07) is -1.02. The first-order valence-corrected chi connectivity index (χ1v) is 5.24. The Morgan fingerprint density at radius 1 is 1.24 bits per heavy atom. The van der Waals surface area contributed by atoms with E-state index in [1.807, 2.05) is 20.8 Å². The summed E-state index contributed by atoms with van der Waals surface area (Å²) in [6.45, 7) is 5.30. The van der Waals surface area contributed by atoms with E-state index in [2.05, 4.69) is 10.6 Å². The number of primary amides is 1. The zero-order valence-corrected chi connectivity index (χ0v) is 10.4. The van der Waals surface area contributed by atoms with Gasteiger partial charge in [-0.25, -0.2) is 0 Å². The van der Waals surface area contributed by atoms with Gasteiger partial charge in [0.15, 0.2) is 0 Å². The molecule has 7 heteroatoms. The molecule has 0 bridgehead atoms. The Morgan fingerprint density at radius 3 is 2.18 bits per heavy atom. The number of amides is 3. The second kappa shape index (κ2) is 6.19. The van der Waals surface area contributed by atoms with E-state index in [1.54, 1.807) is 0 Å². The summed E-state index contributed by atoms with van der Waals surface area (Å²) >= 11 is 0. The van der Waals surface area contributed by atoms with Gasteiger partial charge in [0, 0.05) is 5.54 Å². The zero-order chi connectivity index (χ0) is 13.6. The first kappa shape index (κ1) is 15.4. The van der Waals surface area contributed by atoms with Crippen molar-refractivity contribution in [3.05, 3.63) is 0 Å². The van der Waals surface area contributed by atoms with Gasteiger partial charge in [0.1, 0.15) is 0 Å². The summed E-state index contributed by atoms with van der Waals surface area (Å²) in [5.74, 6) is -1.56. The Balaban J connectivity index is 4.00. The highest BCUT2D eigenvalue weighted by Gasteiger charge is 2.18. The molecule has 0 saturated heterocycles. The van der Waals surface area contributed by atoms with E-state index < -0.39 is 17.9 Å². The lowest BCUT2D eigenvalue weighted by Crippen LogP contribution is -2.49. The van der Waals surface area contributed by atoms with Crippen LogP contribution in [0.2, 0.25) is 0 Å². The van der Waals surface area contributed by atoms with Crippen LogP contribution in [0.1, 0.15) is 27.2 Å². The average molecular weight is 244 g/mol. The van der Waals surface area contributed by atoms with E-state index in [4.69, 9.17) is 11.5 Å². The molecule has 0 fully saturated rings. The van der Waals surface area contributed by atoms with Crippen LogP contribution in [0.25, 0.3) is 0 Å². The van der Waals surface area contributed by atoms with Gasteiger partial charge in [-0.3, -0.25) is 14.4 Å². The van der Waals surface area contributed by atoms with Gasteiger partial charge in [0.25, 0.3) is 0 Å². The molecule has 1 atom stereocenters. The lowest BCUT2D eigenvalue weighted by molar-refractivity contribution is -0.128. The van der Waals surface area contributed by atoms with Crippen LogP contribution in [0.15, 0.2) is 0 Å². The van der Waals surface area contributed by atoms with Crippen molar-refractivity contribution in [3.63, 3.8) is 0 Å². The molecule has 0 aromatic carbocycles. The van der Waals surface area contributed by atoms with Crippen LogP contribution in [0, 0.1) is 0 Å². The largest absolute Gasteiger partial charge is 0.370 e. The molecule has 0 heterocycles. The van der Waals surface area contributed by atoms with Gasteiger partial charge in [-0.05, 0) is 20.8 Å². The second-order valence-corrected chi connectivity index (χ2v) is 4.79. The molecule has 98 valence electrons. The smallest absolute Gasteiger partial charge is 0.239 e. The SMILES string of the molecule is CC(C)(C)NC(=O)CNC(=O)C(N)CC(N)=O. The lowest BCUT2D eigenvalue weighted by atomic mass is 10.1. The van der Waals surface area contributed by atoms with Gasteiger partial charge in [-0.2, -0.15) is 0 Å². The highest BCUT2D eigenvalue weighted by molar-refractivity contribution is 5.90. The van der Waals surface area contributed by atoms with Crippen LogP contribution < -0.4 is 22.1 Å². The molecule has 0 aromatic heterocycles. The number of carbonyl (C=O) groups is 3. The minimum absolute atomic E-state index is 0.178. The fourth-order valence-corrected chi connectivity index (χ4v) is 1.07. The molecule has 0 spiro atoms. The third-order valence-corrected chi connectivity index (χ3v) is 1.70. The van der Waals surface area contributed by atoms with Crippen molar-refractivity contribution in [1.82, 2.24) is 10.6 Å². The van der Waals surface area contributed by atoms with Crippen molar-refractivity contribution >= 4 is 17.7 Å². The molecule has 17 heavy (non-hydrogen) atoms. The van der Waals surface area contributed by atoms with Crippen molar-refractivity contribution in [3.8, 4) is 0 Å². The van der Waals surface area contributed by atoms with Gasteiger partial charge in [0.2, 0.25) is 17.7 Å². The molecule has 3 amide bonds. The van der Waals surface area contributed by atoms with E-state index in [0.717, 1.165) is 0 Å². The van der Waals surface area contributed by atoms with E-state index >= 15 is 0 Å². The van der Waals surface area contributed by atoms with Crippen molar-refractivity contribution in [2.75, 3.05) is 6.54 Å². The highest BCUT2D eigenvalue weighted by Crippen LogP contribution is 1.97. The number of nitrogens with one attached hydrogen (secondary N) is 2. The van der Waals surface area contributed by atoms with Crippen molar-refractivity contribution in [1.29, 1.82) is 0 Å². The minimum atomic E-state index is -1.02. The van der Waals surface area contributed by atoms with Gasteiger partial charge in [0.05, 0.1) is 19.0 Å². The monoisotopic (exact) mass is 244 g/mol. The number of nitrogens with two attached hydrogens (primary N) is 2. The summed E-state index contributed by atoms with van der Waals surface area (Å²) in [5, 5.41) is 4.99. The maximum absolute atomic E-state index is 11.3. The quantitative estimate of drug-likeness (QED) is 0.456. The molecule has 0 rings (SSSR count). The predicted molar refractivity (Wildman–Crippen MR) is 62.7 cm³/mol. The number of rotatable bonds is 5. The maximum Gasteiger partial charge on any atom is 0.239 e. The fourth-order valence-electron chi connectivity index (χ4n) is 1.07. The van der Waals surface area contributed by atoms with Crippen molar-refractivity contribution in [2.24, 2.45) is 11.5 Å². The molecule has 7 nitrogen and oxygen atoms in total. The topological polar surface area (TPSA) is 127 Å². The molecular formula is C10H20N4O3. The third kappa shape index (κ3) is 8.21. The van der Waals surface area contributed by atoms with Crippen LogP contribution in [0.4, 0.5) is 0 Å². The number of hydrogen-bond donors (Lipinski definition) is 4. The zero-order valence-electron chi connectivity index (χ0n) is 10.4. The molecule has 0 aliphatic carbocycles. The Labute approximate surface area is 100 Å². The predicted octanol–water partition coefficient (Wildman–Crippen LogP) is -1.78. The van der Waals surface area contributed by atoms with Gasteiger partial charge < -0.3 is 22.1 Å². The highest BCUT2D eigenvalue weighted by atomic mass is 16.2. The van der Waals surface area contributed by atoms with E-state index in [0.29, 0.717) is 0 Å². The van der Waals surface area contributed by atoms with E-state index in [1.165, 1.54) is 0 Å². The molecule has 0 saturated carbocycles. The van der Waals surface area contributed by atoms with E-state index in [9.17, 15) is 14.4 Å². The summed E-state index contributed by atoms with van der Waals surface area (Å²) in [7, 11) is 0. The average Bonchev–Trinajstić information content (AvgIpc) is 2.10. The summed E-state index contributed by atoms with van der Waals surface area (Å²) in [6.07, 6.45) is -0.243. The molecule has 0 aliphatic heterocycles. The van der Waals surface area contributed by atoms with Crippen molar-refractivity contribution < 1.29 is 14.4 Å². The molecule has 0 aliphatic rings. The van der Waals surface area contributed by atoms with Crippen LogP contribution in [0.3, 0.4) is 0 Å². The van der Waals surface area contributed by atoms with Gasteiger partial charge in [-0.1, -0.05) is 0 Å². The Kier molecular flexibility index (Phi) is 5.60. The van der Waals surface area contributed by atoms with Crippen LogP contribution in [0.5, 0.6) is 0 Å². The first-order chi connectivity index (χ1) is 7.61. The number of carbonyl (C=O) groups excluding carboxylic acids is 3. The van der Waals surface area contributed by atoms with E-state index in [-0.39, 0.29) is 24.4 Å². The Hall–Kier alpha value is -1.63. The number of hydrogen-bond acceptors (Lipinski definition) is 4. The van der Waals surface area contributed by atoms with Gasteiger partial charge >= 0.3 is 0 Å². The normalized spacial score (nSPS) is 12.7. The first-order valence-electron chi connectivity index (χ1n) is 5.24. The standard InChI is InChI=1S/C10H20N4O3/c1-10(2,3)14-8(16)5-13-9(17)6(11)4-7(12)15/h6H,4-5,11H2,1-3H3,(H2,12,15)(H,13,17)(H,14,16). The molecule has 0 radical (unpaired) electrons. The molecule has 6 N–H and O–H groups in total. The maximum atomic E-state index is 11.3. The third-order valence-electron chi connectivity index (χ3n) is 1.70. The second-order valence-electron chi connectivity index (χ2n) is 4.79. The van der Waals surface area contributed by atoms with Crippen molar-refractivity contribution in [2.45, 2.75) is 38.8 Å². The van der Waals surface area contributed by atoms with Crippen LogP contribution in [-0.2, 0) is 14.4 Å². The summed E-state index contributed by atoms with van der Waals surface area (Å²) in [4.78, 5) is 33.2. The Morgan fingerprint density at radius 2 is 1.76 bits per heavy atom.